The topological polar surface area (TPSA) is 77.7 Å². The highest BCUT2D eigenvalue weighted by Gasteiger charge is 2.28. The van der Waals surface area contributed by atoms with Crippen molar-refractivity contribution in [1.82, 2.24) is 25.3 Å². The lowest BCUT2D eigenvalue weighted by atomic mass is 10.0. The van der Waals surface area contributed by atoms with E-state index in [1.54, 1.807) is 0 Å². The molecule has 0 saturated carbocycles. The van der Waals surface area contributed by atoms with Gasteiger partial charge in [0.05, 0.1) is 19.3 Å². The third-order valence-corrected chi connectivity index (χ3v) is 4.76. The van der Waals surface area contributed by atoms with Crippen LogP contribution in [0.25, 0.3) is 5.65 Å². The highest BCUT2D eigenvalue weighted by molar-refractivity contribution is 5.50. The molecule has 0 aliphatic carbocycles. The number of rotatable bonds is 2. The second-order valence-corrected chi connectivity index (χ2v) is 6.33. The number of tetrazole rings is 1. The molecule has 1 fully saturated rings. The zero-order chi connectivity index (χ0) is 16.6. The molecule has 8 heteroatoms. The van der Waals surface area contributed by atoms with Crippen molar-refractivity contribution in [2.75, 3.05) is 24.7 Å². The van der Waals surface area contributed by atoms with Crippen LogP contribution in [-0.4, -0.2) is 45.0 Å². The van der Waals surface area contributed by atoms with E-state index in [2.05, 4.69) is 37.7 Å². The smallest absolute Gasteiger partial charge is 0.200 e. The highest BCUT2D eigenvalue weighted by Crippen LogP contribution is 2.39. The van der Waals surface area contributed by atoms with E-state index in [0.717, 1.165) is 43.1 Å². The van der Waals surface area contributed by atoms with Gasteiger partial charge in [0.1, 0.15) is 0 Å². The van der Waals surface area contributed by atoms with Crippen molar-refractivity contribution in [1.29, 1.82) is 0 Å². The van der Waals surface area contributed by atoms with Gasteiger partial charge in [-0.15, -0.1) is 14.8 Å². The van der Waals surface area contributed by atoms with Crippen molar-refractivity contribution in [2.45, 2.75) is 25.3 Å². The Morgan fingerprint density at radius 2 is 1.92 bits per heavy atom. The molecule has 0 unspecified atom stereocenters. The second-order valence-electron chi connectivity index (χ2n) is 6.33. The Labute approximate surface area is 144 Å². The number of nitrogens with zero attached hydrogens (tertiary/aromatic N) is 6. The summed E-state index contributed by atoms with van der Waals surface area (Å²) in [6.07, 6.45) is 3.11. The fourth-order valence-electron chi connectivity index (χ4n) is 3.57. The van der Waals surface area contributed by atoms with Crippen LogP contribution >= 0.6 is 0 Å². The normalized spacial score (nSPS) is 20.0. The van der Waals surface area contributed by atoms with Gasteiger partial charge in [0, 0.05) is 13.0 Å². The molecule has 3 aromatic rings. The maximum Gasteiger partial charge on any atom is 0.200 e. The monoisotopic (exact) mass is 338 g/mol. The Balaban J connectivity index is 1.49. The summed E-state index contributed by atoms with van der Waals surface area (Å²) in [5, 5.41) is 16.0. The first-order valence-electron chi connectivity index (χ1n) is 8.60. The van der Waals surface area contributed by atoms with Gasteiger partial charge in [0.25, 0.3) is 0 Å². The Kier molecular flexibility index (Phi) is 3.39. The fraction of sp³-hybridized carbons (Fsp3) is 0.412. The number of hydrogen-bond donors (Lipinski definition) is 0. The van der Waals surface area contributed by atoms with Gasteiger partial charge in [-0.2, -0.15) is 0 Å². The summed E-state index contributed by atoms with van der Waals surface area (Å²) >= 11 is 0. The van der Waals surface area contributed by atoms with E-state index in [0.29, 0.717) is 18.9 Å². The van der Waals surface area contributed by atoms with E-state index < -0.39 is 0 Å². The lowest BCUT2D eigenvalue weighted by Crippen LogP contribution is -2.24. The van der Waals surface area contributed by atoms with Crippen molar-refractivity contribution in [3.63, 3.8) is 0 Å². The Morgan fingerprint density at radius 3 is 2.88 bits per heavy atom. The molecule has 128 valence electrons. The van der Waals surface area contributed by atoms with E-state index in [9.17, 15) is 0 Å². The predicted octanol–water partition coefficient (Wildman–Crippen LogP) is 2.02. The van der Waals surface area contributed by atoms with Gasteiger partial charge < -0.3 is 14.4 Å². The number of ether oxygens (including phenoxy) is 2. The summed E-state index contributed by atoms with van der Waals surface area (Å²) in [5.41, 5.74) is 1.87. The van der Waals surface area contributed by atoms with Gasteiger partial charge in [-0.3, -0.25) is 0 Å². The quantitative estimate of drug-likeness (QED) is 0.707. The number of hydrogen-bond acceptors (Lipinski definition) is 7. The average Bonchev–Trinajstić information content (AvgIpc) is 3.25. The molecule has 25 heavy (non-hydrogen) atoms. The molecular weight excluding hydrogens is 320 g/mol. The molecule has 0 radical (unpaired) electrons. The van der Waals surface area contributed by atoms with Crippen LogP contribution in [0.15, 0.2) is 30.3 Å². The number of fused-ring (bicyclic) bond motifs is 2. The average molecular weight is 338 g/mol. The summed E-state index contributed by atoms with van der Waals surface area (Å²) in [5.74, 6) is 2.55. The summed E-state index contributed by atoms with van der Waals surface area (Å²) in [6, 6.07) is 10.4. The van der Waals surface area contributed by atoms with Crippen LogP contribution in [0.5, 0.6) is 11.5 Å². The number of aromatic nitrogens is 5. The van der Waals surface area contributed by atoms with Crippen LogP contribution in [0.3, 0.4) is 0 Å². The maximum absolute atomic E-state index is 5.85. The molecule has 2 aliphatic rings. The van der Waals surface area contributed by atoms with Crippen molar-refractivity contribution in [2.24, 2.45) is 0 Å². The van der Waals surface area contributed by atoms with Crippen LogP contribution in [-0.2, 0) is 0 Å². The first kappa shape index (κ1) is 14.4. The SMILES string of the molecule is c1cc2c(cc1[C@H]1CCCN1c1ccc3nnnn3n1)OCCCO2. The minimum atomic E-state index is 0.263. The highest BCUT2D eigenvalue weighted by atomic mass is 16.5. The summed E-state index contributed by atoms with van der Waals surface area (Å²) in [7, 11) is 0. The largest absolute Gasteiger partial charge is 0.490 e. The van der Waals surface area contributed by atoms with Gasteiger partial charge in [0.15, 0.2) is 23.0 Å². The Hall–Kier alpha value is -2.90. The van der Waals surface area contributed by atoms with Gasteiger partial charge in [0.2, 0.25) is 0 Å². The van der Waals surface area contributed by atoms with E-state index in [1.807, 2.05) is 18.2 Å². The molecule has 1 aromatic carbocycles. The van der Waals surface area contributed by atoms with Crippen molar-refractivity contribution in [3.05, 3.63) is 35.9 Å². The molecule has 4 heterocycles. The zero-order valence-electron chi connectivity index (χ0n) is 13.7. The maximum atomic E-state index is 5.85. The van der Waals surface area contributed by atoms with Gasteiger partial charge in [-0.1, -0.05) is 6.07 Å². The van der Waals surface area contributed by atoms with Gasteiger partial charge >= 0.3 is 0 Å². The summed E-state index contributed by atoms with van der Waals surface area (Å²) in [6.45, 7) is 2.36. The summed E-state index contributed by atoms with van der Waals surface area (Å²) < 4.78 is 13.1. The van der Waals surface area contributed by atoms with Crippen LogP contribution in [0.1, 0.15) is 30.9 Å². The van der Waals surface area contributed by atoms with Gasteiger partial charge in [-0.05, 0) is 53.1 Å². The molecular formula is C17H18N6O2. The third kappa shape index (κ3) is 2.54. The minimum absolute atomic E-state index is 0.263. The van der Waals surface area contributed by atoms with E-state index in [-0.39, 0.29) is 6.04 Å². The second kappa shape index (κ2) is 5.87. The molecule has 0 N–H and O–H groups in total. The lowest BCUT2D eigenvalue weighted by Gasteiger charge is -2.26. The molecule has 2 aromatic heterocycles. The molecule has 8 nitrogen and oxygen atoms in total. The molecule has 1 atom stereocenters. The van der Waals surface area contributed by atoms with Crippen molar-refractivity contribution < 1.29 is 9.47 Å². The van der Waals surface area contributed by atoms with Crippen LogP contribution in [0.4, 0.5) is 5.82 Å². The van der Waals surface area contributed by atoms with Crippen LogP contribution in [0.2, 0.25) is 0 Å². The zero-order valence-corrected chi connectivity index (χ0v) is 13.7. The Bertz CT molecular complexity index is 911. The molecule has 0 amide bonds. The lowest BCUT2D eigenvalue weighted by molar-refractivity contribution is 0.297. The van der Waals surface area contributed by atoms with E-state index >= 15 is 0 Å². The summed E-state index contributed by atoms with van der Waals surface area (Å²) in [4.78, 5) is 2.31. The molecule has 0 spiro atoms. The Morgan fingerprint density at radius 1 is 1.00 bits per heavy atom. The van der Waals surface area contributed by atoms with Crippen LogP contribution in [0, 0.1) is 0 Å². The molecule has 1 saturated heterocycles. The van der Waals surface area contributed by atoms with Crippen LogP contribution < -0.4 is 14.4 Å². The standard InChI is InChI=1S/C17H18N6O2/c1-3-13(12-4-5-14-15(11-12)25-10-2-9-24-14)22(8-1)17-7-6-16-18-20-21-23(16)19-17/h4-7,11,13H,1-3,8-10H2/t13-/m1/s1. The molecule has 2 aliphatic heterocycles. The molecule has 5 rings (SSSR count). The fourth-order valence-corrected chi connectivity index (χ4v) is 3.57. The van der Waals surface area contributed by atoms with E-state index in [4.69, 9.17) is 9.47 Å². The molecule has 0 bridgehead atoms. The predicted molar refractivity (Wildman–Crippen MR) is 89.9 cm³/mol. The van der Waals surface area contributed by atoms with E-state index in [1.165, 1.54) is 10.2 Å². The minimum Gasteiger partial charge on any atom is -0.490 e. The number of anilines is 1. The first-order chi connectivity index (χ1) is 12.4. The first-order valence-corrected chi connectivity index (χ1v) is 8.60. The van der Waals surface area contributed by atoms with Crippen molar-refractivity contribution in [3.8, 4) is 11.5 Å². The van der Waals surface area contributed by atoms with Gasteiger partial charge in [-0.25, -0.2) is 0 Å². The number of benzene rings is 1. The van der Waals surface area contributed by atoms with Crippen molar-refractivity contribution >= 4 is 11.5 Å². The third-order valence-electron chi connectivity index (χ3n) is 4.76.